The molecule has 0 aliphatic heterocycles. The van der Waals surface area contributed by atoms with E-state index in [1.807, 2.05) is 0 Å². The van der Waals surface area contributed by atoms with Gasteiger partial charge in [0.25, 0.3) is 0 Å². The number of aliphatic hydroxyl groups is 1. The van der Waals surface area contributed by atoms with Gasteiger partial charge in [0, 0.05) is 19.1 Å². The van der Waals surface area contributed by atoms with Crippen LogP contribution in [0.25, 0.3) is 0 Å². The van der Waals surface area contributed by atoms with Crippen molar-refractivity contribution in [2.45, 2.75) is 33.2 Å². The Morgan fingerprint density at radius 1 is 1.36 bits per heavy atom. The monoisotopic (exact) mass is 160 g/mol. The Balaban J connectivity index is 3.76. The van der Waals surface area contributed by atoms with Gasteiger partial charge in [0.2, 0.25) is 0 Å². The van der Waals surface area contributed by atoms with E-state index in [2.05, 4.69) is 31.2 Å². The lowest BCUT2D eigenvalue weighted by Gasteiger charge is -2.28. The number of hydrazine groups is 1. The van der Waals surface area contributed by atoms with Gasteiger partial charge < -0.3 is 5.11 Å². The molecule has 0 rings (SSSR count). The minimum absolute atomic E-state index is 0.233. The van der Waals surface area contributed by atoms with Crippen LogP contribution in [0.4, 0.5) is 0 Å². The lowest BCUT2D eigenvalue weighted by molar-refractivity contribution is 0.0800. The molecule has 0 aliphatic carbocycles. The van der Waals surface area contributed by atoms with Crippen LogP contribution in [0.3, 0.4) is 0 Å². The number of nitrogens with zero attached hydrogens (tertiary/aromatic N) is 1. The average Bonchev–Trinajstić information content (AvgIpc) is 2.05. The molecule has 0 aromatic rings. The van der Waals surface area contributed by atoms with Crippen LogP contribution in [0, 0.1) is 0 Å². The summed E-state index contributed by atoms with van der Waals surface area (Å²) in [5, 5.41) is 11.1. The topological polar surface area (TPSA) is 35.5 Å². The van der Waals surface area contributed by atoms with Crippen LogP contribution in [-0.2, 0) is 0 Å². The Hall–Kier alpha value is -0.120. The van der Waals surface area contributed by atoms with Gasteiger partial charge in [0.1, 0.15) is 0 Å². The first-order valence-electron chi connectivity index (χ1n) is 4.41. The predicted molar refractivity (Wildman–Crippen MR) is 47.2 cm³/mol. The number of aliphatic hydroxyl groups excluding tert-OH is 1. The fourth-order valence-electron chi connectivity index (χ4n) is 1.15. The molecule has 0 spiro atoms. The van der Waals surface area contributed by atoms with Crippen LogP contribution < -0.4 is 5.43 Å². The first-order valence-corrected chi connectivity index (χ1v) is 4.41. The van der Waals surface area contributed by atoms with E-state index in [4.69, 9.17) is 5.11 Å². The number of hydrogen-bond acceptors (Lipinski definition) is 3. The molecule has 0 saturated heterocycles. The fraction of sp³-hybridized carbons (Fsp3) is 1.00. The maximum Gasteiger partial charge on any atom is 0.0600 e. The third-order valence-electron chi connectivity index (χ3n) is 1.82. The van der Waals surface area contributed by atoms with Crippen molar-refractivity contribution in [3.8, 4) is 0 Å². The predicted octanol–water partition coefficient (Wildman–Crippen LogP) is 0.604. The van der Waals surface area contributed by atoms with Crippen molar-refractivity contribution in [1.82, 2.24) is 10.4 Å². The van der Waals surface area contributed by atoms with E-state index >= 15 is 0 Å². The number of likely N-dealkylation sites (N-methyl/N-ethyl adjacent to an activating group) is 1. The molecule has 0 heterocycles. The third-order valence-corrected chi connectivity index (χ3v) is 1.82. The van der Waals surface area contributed by atoms with Gasteiger partial charge in [0.15, 0.2) is 0 Å². The van der Waals surface area contributed by atoms with Gasteiger partial charge in [0.05, 0.1) is 6.61 Å². The van der Waals surface area contributed by atoms with Crippen LogP contribution >= 0.6 is 0 Å². The Bertz CT molecular complexity index is 84.2. The van der Waals surface area contributed by atoms with Gasteiger partial charge in [-0.1, -0.05) is 20.8 Å². The number of hydrogen-bond donors (Lipinski definition) is 2. The first kappa shape index (κ1) is 10.9. The van der Waals surface area contributed by atoms with Gasteiger partial charge >= 0.3 is 0 Å². The van der Waals surface area contributed by atoms with E-state index in [1.165, 1.54) is 0 Å². The second-order valence-electron chi connectivity index (χ2n) is 2.54. The standard InChI is InChI=1S/C8H20N2O/c1-4-8(7-11)10(6-3)9-5-2/h8-9,11H,4-7H2,1-3H3. The smallest absolute Gasteiger partial charge is 0.0600 e. The molecule has 3 heteroatoms. The Morgan fingerprint density at radius 2 is 2.00 bits per heavy atom. The zero-order valence-electron chi connectivity index (χ0n) is 7.80. The van der Waals surface area contributed by atoms with E-state index < -0.39 is 0 Å². The summed E-state index contributed by atoms with van der Waals surface area (Å²) in [6, 6.07) is 0.264. The molecule has 0 aliphatic rings. The fourth-order valence-corrected chi connectivity index (χ4v) is 1.15. The highest BCUT2D eigenvalue weighted by Crippen LogP contribution is 1.98. The van der Waals surface area contributed by atoms with Crippen molar-refractivity contribution in [2.24, 2.45) is 0 Å². The molecular formula is C8H20N2O. The zero-order valence-corrected chi connectivity index (χ0v) is 7.80. The summed E-state index contributed by atoms with van der Waals surface area (Å²) in [7, 11) is 0. The summed E-state index contributed by atoms with van der Waals surface area (Å²) < 4.78 is 0. The highest BCUT2D eigenvalue weighted by atomic mass is 16.3. The minimum atomic E-state index is 0.233. The maximum atomic E-state index is 8.97. The van der Waals surface area contributed by atoms with Gasteiger partial charge in [-0.25, -0.2) is 5.01 Å². The normalized spacial score (nSPS) is 13.9. The largest absolute Gasteiger partial charge is 0.395 e. The van der Waals surface area contributed by atoms with Gasteiger partial charge in [-0.3, -0.25) is 5.43 Å². The maximum absolute atomic E-state index is 8.97. The van der Waals surface area contributed by atoms with Crippen molar-refractivity contribution in [1.29, 1.82) is 0 Å². The molecule has 0 saturated carbocycles. The summed E-state index contributed by atoms with van der Waals surface area (Å²) in [6.07, 6.45) is 0.983. The Kier molecular flexibility index (Phi) is 6.51. The molecule has 0 amide bonds. The van der Waals surface area contributed by atoms with E-state index in [-0.39, 0.29) is 12.6 Å². The molecule has 0 fully saturated rings. The second-order valence-corrected chi connectivity index (χ2v) is 2.54. The molecule has 11 heavy (non-hydrogen) atoms. The van der Waals surface area contributed by atoms with Crippen molar-refractivity contribution < 1.29 is 5.11 Å². The molecule has 0 aromatic heterocycles. The summed E-state index contributed by atoms with van der Waals surface area (Å²) in [5.41, 5.74) is 3.21. The first-order chi connectivity index (χ1) is 5.29. The Labute approximate surface area is 69.4 Å². The van der Waals surface area contributed by atoms with Crippen LogP contribution in [0.1, 0.15) is 27.2 Å². The van der Waals surface area contributed by atoms with Gasteiger partial charge in [-0.2, -0.15) is 0 Å². The summed E-state index contributed by atoms with van der Waals surface area (Å²) >= 11 is 0. The molecular weight excluding hydrogens is 140 g/mol. The van der Waals surface area contributed by atoms with E-state index in [9.17, 15) is 0 Å². The summed E-state index contributed by atoms with van der Waals surface area (Å²) in [5.74, 6) is 0. The summed E-state index contributed by atoms with van der Waals surface area (Å²) in [6.45, 7) is 8.32. The quantitative estimate of drug-likeness (QED) is 0.559. The second kappa shape index (κ2) is 6.58. The lowest BCUT2D eigenvalue weighted by atomic mass is 10.2. The molecule has 3 nitrogen and oxygen atoms in total. The van der Waals surface area contributed by atoms with Crippen molar-refractivity contribution >= 4 is 0 Å². The van der Waals surface area contributed by atoms with Crippen LogP contribution in [0.5, 0.6) is 0 Å². The molecule has 1 unspecified atom stereocenters. The number of nitrogens with one attached hydrogen (secondary N) is 1. The molecule has 0 aromatic carbocycles. The number of rotatable bonds is 6. The van der Waals surface area contributed by atoms with Crippen LogP contribution in [-0.4, -0.2) is 35.9 Å². The van der Waals surface area contributed by atoms with E-state index in [0.29, 0.717) is 0 Å². The van der Waals surface area contributed by atoms with Crippen LogP contribution in [0.15, 0.2) is 0 Å². The molecule has 2 N–H and O–H groups in total. The van der Waals surface area contributed by atoms with Crippen LogP contribution in [0.2, 0.25) is 0 Å². The van der Waals surface area contributed by atoms with Gasteiger partial charge in [-0.05, 0) is 6.42 Å². The lowest BCUT2D eigenvalue weighted by Crippen LogP contribution is -2.46. The van der Waals surface area contributed by atoms with Gasteiger partial charge in [-0.15, -0.1) is 0 Å². The minimum Gasteiger partial charge on any atom is -0.395 e. The van der Waals surface area contributed by atoms with Crippen molar-refractivity contribution in [2.75, 3.05) is 19.7 Å². The van der Waals surface area contributed by atoms with E-state index in [1.54, 1.807) is 0 Å². The highest BCUT2D eigenvalue weighted by Gasteiger charge is 2.11. The molecule has 0 radical (unpaired) electrons. The van der Waals surface area contributed by atoms with Crippen molar-refractivity contribution in [3.63, 3.8) is 0 Å². The Morgan fingerprint density at radius 3 is 2.27 bits per heavy atom. The molecule has 0 bridgehead atoms. The third kappa shape index (κ3) is 3.70. The summed E-state index contributed by atoms with van der Waals surface area (Å²) in [4.78, 5) is 0. The zero-order chi connectivity index (χ0) is 8.69. The van der Waals surface area contributed by atoms with E-state index in [0.717, 1.165) is 19.5 Å². The SMILES string of the molecule is CCNN(CC)C(CC)CO. The average molecular weight is 160 g/mol. The highest BCUT2D eigenvalue weighted by molar-refractivity contribution is 4.63. The van der Waals surface area contributed by atoms with Crippen molar-refractivity contribution in [3.05, 3.63) is 0 Å². The molecule has 1 atom stereocenters. The molecule has 68 valence electrons.